The molecule has 0 saturated carbocycles. The second-order valence-electron chi connectivity index (χ2n) is 8.39. The average Bonchev–Trinajstić information content (AvgIpc) is 3.32. The quantitative estimate of drug-likeness (QED) is 0.485. The number of aromatic nitrogens is 4. The minimum absolute atomic E-state index is 0.340. The molecule has 11 heteroatoms. The van der Waals surface area contributed by atoms with Crippen molar-refractivity contribution >= 4 is 29.5 Å². The number of amides is 2. The Morgan fingerprint density at radius 3 is 2.48 bits per heavy atom. The van der Waals surface area contributed by atoms with Crippen molar-refractivity contribution in [2.45, 2.75) is 38.8 Å². The molecule has 0 aliphatic heterocycles. The number of nitrogens with zero attached hydrogens (tertiary/aromatic N) is 3. The fourth-order valence-corrected chi connectivity index (χ4v) is 3.34. The van der Waals surface area contributed by atoms with Crippen molar-refractivity contribution in [3.05, 3.63) is 53.2 Å². The van der Waals surface area contributed by atoms with E-state index in [-0.39, 0.29) is 0 Å². The predicted molar refractivity (Wildman–Crippen MR) is 124 cm³/mol. The van der Waals surface area contributed by atoms with Crippen molar-refractivity contribution in [3.8, 4) is 11.3 Å². The summed E-state index contributed by atoms with van der Waals surface area (Å²) in [6, 6.07) is 6.58. The molecule has 0 saturated heterocycles. The zero-order chi connectivity index (χ0) is 24.2. The first kappa shape index (κ1) is 24.1. The number of halogens is 1. The maximum atomic E-state index is 12.4. The lowest BCUT2D eigenvalue weighted by Gasteiger charge is -2.23. The molecule has 2 amide bonds. The van der Waals surface area contributed by atoms with Gasteiger partial charge in [-0.1, -0.05) is 23.7 Å². The molecule has 10 nitrogen and oxygen atoms in total. The Kier molecular flexibility index (Phi) is 7.27. The number of methoxy groups -OCH3 is 1. The van der Waals surface area contributed by atoms with Gasteiger partial charge in [-0.3, -0.25) is 10.00 Å². The number of H-pyrrole nitrogens is 1. The third-order valence-corrected chi connectivity index (χ3v) is 4.79. The SMILES string of the molecule is COC(=O)Nc1ccc(-c2nc(C[C@H](NC(=O)OC(C)(C)C)c3cnn(C)c3)[nH]c2Cl)cc1. The lowest BCUT2D eigenvalue weighted by atomic mass is 10.1. The second kappa shape index (κ2) is 9.95. The zero-order valence-electron chi connectivity index (χ0n) is 19.1. The number of rotatable bonds is 6. The van der Waals surface area contributed by atoms with Gasteiger partial charge < -0.3 is 19.8 Å². The van der Waals surface area contributed by atoms with Crippen molar-refractivity contribution in [2.75, 3.05) is 12.4 Å². The van der Waals surface area contributed by atoms with Gasteiger partial charge in [-0.15, -0.1) is 0 Å². The third-order valence-electron chi connectivity index (χ3n) is 4.51. The molecule has 2 aromatic heterocycles. The summed E-state index contributed by atoms with van der Waals surface area (Å²) < 4.78 is 11.6. The van der Waals surface area contributed by atoms with Gasteiger partial charge in [0.15, 0.2) is 0 Å². The first-order chi connectivity index (χ1) is 15.5. The molecule has 0 radical (unpaired) electrons. The van der Waals surface area contributed by atoms with Crippen LogP contribution in [0.5, 0.6) is 0 Å². The van der Waals surface area contributed by atoms with Crippen molar-refractivity contribution in [3.63, 3.8) is 0 Å². The van der Waals surface area contributed by atoms with Gasteiger partial charge in [-0.2, -0.15) is 5.10 Å². The number of carbonyl (C=O) groups is 2. The van der Waals surface area contributed by atoms with Gasteiger partial charge in [0.05, 0.1) is 19.3 Å². The number of aromatic amines is 1. The number of anilines is 1. The molecule has 3 N–H and O–H groups in total. The average molecular weight is 475 g/mol. The number of hydrogen-bond donors (Lipinski definition) is 3. The molecule has 0 unspecified atom stereocenters. The number of nitrogens with one attached hydrogen (secondary N) is 3. The van der Waals surface area contributed by atoms with Gasteiger partial charge in [0, 0.05) is 36.5 Å². The number of carbonyl (C=O) groups excluding carboxylic acids is 2. The van der Waals surface area contributed by atoms with Crippen molar-refractivity contribution < 1.29 is 19.1 Å². The van der Waals surface area contributed by atoms with Gasteiger partial charge in [-0.25, -0.2) is 14.6 Å². The van der Waals surface area contributed by atoms with Crippen LogP contribution in [0.1, 0.15) is 38.2 Å². The maximum Gasteiger partial charge on any atom is 0.411 e. The maximum absolute atomic E-state index is 12.4. The van der Waals surface area contributed by atoms with E-state index < -0.39 is 23.8 Å². The van der Waals surface area contributed by atoms with Gasteiger partial charge >= 0.3 is 12.2 Å². The topological polar surface area (TPSA) is 123 Å². The zero-order valence-corrected chi connectivity index (χ0v) is 19.9. The van der Waals surface area contributed by atoms with Gasteiger partial charge in [-0.05, 0) is 32.9 Å². The van der Waals surface area contributed by atoms with Crippen LogP contribution in [0.3, 0.4) is 0 Å². The summed E-state index contributed by atoms with van der Waals surface area (Å²) in [5.74, 6) is 0.580. The van der Waals surface area contributed by atoms with E-state index in [0.717, 1.165) is 11.1 Å². The van der Waals surface area contributed by atoms with Gasteiger partial charge in [0.2, 0.25) is 0 Å². The monoisotopic (exact) mass is 474 g/mol. The molecule has 3 aromatic rings. The Bertz CT molecular complexity index is 1120. The molecule has 1 aromatic carbocycles. The first-order valence-electron chi connectivity index (χ1n) is 10.2. The van der Waals surface area contributed by atoms with Crippen molar-refractivity contribution in [1.29, 1.82) is 0 Å². The standard InChI is InChI=1S/C22H27ClN6O4/c1-22(2,3)33-21(31)26-16(14-11-24-29(4)12-14)10-17-27-18(19(23)28-17)13-6-8-15(9-7-13)25-20(30)32-5/h6-9,11-12,16H,10H2,1-5H3,(H,25,30)(H,26,31)(H,27,28)/t16-/m0/s1. The van der Waals surface area contributed by atoms with E-state index in [1.807, 2.05) is 6.20 Å². The van der Waals surface area contributed by atoms with Gasteiger partial charge in [0.25, 0.3) is 0 Å². The lowest BCUT2D eigenvalue weighted by Crippen LogP contribution is -2.35. The van der Waals surface area contributed by atoms with Crippen LogP contribution in [0.2, 0.25) is 5.15 Å². The number of benzene rings is 1. The number of imidazole rings is 1. The number of ether oxygens (including phenoxy) is 2. The van der Waals surface area contributed by atoms with Crippen LogP contribution in [-0.2, 0) is 22.9 Å². The molecule has 0 bridgehead atoms. The highest BCUT2D eigenvalue weighted by Crippen LogP contribution is 2.28. The summed E-state index contributed by atoms with van der Waals surface area (Å²) in [6.45, 7) is 5.41. The first-order valence-corrected chi connectivity index (χ1v) is 10.6. The second-order valence-corrected chi connectivity index (χ2v) is 8.77. The van der Waals surface area contributed by atoms with Crippen LogP contribution in [0.4, 0.5) is 15.3 Å². The molecular weight excluding hydrogens is 448 g/mol. The number of aryl methyl sites for hydroxylation is 1. The summed E-state index contributed by atoms with van der Waals surface area (Å²) in [7, 11) is 3.10. The highest BCUT2D eigenvalue weighted by atomic mass is 35.5. The van der Waals surface area contributed by atoms with Crippen LogP contribution < -0.4 is 10.6 Å². The summed E-state index contributed by atoms with van der Waals surface area (Å²) in [5.41, 5.74) is 2.07. The molecule has 0 spiro atoms. The normalized spacial score (nSPS) is 12.2. The van der Waals surface area contributed by atoms with E-state index in [4.69, 9.17) is 16.3 Å². The van der Waals surface area contributed by atoms with E-state index in [1.54, 1.807) is 63.0 Å². The van der Waals surface area contributed by atoms with Crippen LogP contribution in [0, 0.1) is 0 Å². The Morgan fingerprint density at radius 2 is 1.91 bits per heavy atom. The lowest BCUT2D eigenvalue weighted by molar-refractivity contribution is 0.0503. The summed E-state index contributed by atoms with van der Waals surface area (Å²) >= 11 is 6.42. The van der Waals surface area contributed by atoms with Crippen molar-refractivity contribution in [2.24, 2.45) is 7.05 Å². The third kappa shape index (κ3) is 6.72. The molecule has 0 aliphatic carbocycles. The summed E-state index contributed by atoms with van der Waals surface area (Å²) in [4.78, 5) is 31.5. The largest absolute Gasteiger partial charge is 0.453 e. The summed E-state index contributed by atoms with van der Waals surface area (Å²) in [5, 5.41) is 10.0. The Balaban J connectivity index is 1.79. The van der Waals surface area contributed by atoms with Crippen molar-refractivity contribution in [1.82, 2.24) is 25.1 Å². The predicted octanol–water partition coefficient (Wildman–Crippen LogP) is 4.45. The van der Waals surface area contributed by atoms with Crippen LogP contribution >= 0.6 is 11.6 Å². The Morgan fingerprint density at radius 1 is 1.21 bits per heavy atom. The molecule has 0 aliphatic rings. The minimum atomic E-state index is -0.625. The van der Waals surface area contributed by atoms with E-state index >= 15 is 0 Å². The van der Waals surface area contributed by atoms with E-state index in [9.17, 15) is 9.59 Å². The fraction of sp³-hybridized carbons (Fsp3) is 0.364. The smallest absolute Gasteiger partial charge is 0.411 e. The molecule has 2 heterocycles. The molecule has 176 valence electrons. The molecular formula is C22H27ClN6O4. The van der Waals surface area contributed by atoms with E-state index in [0.29, 0.717) is 28.8 Å². The molecule has 33 heavy (non-hydrogen) atoms. The highest BCUT2D eigenvalue weighted by molar-refractivity contribution is 6.31. The number of alkyl carbamates (subject to hydrolysis) is 1. The van der Waals surface area contributed by atoms with Gasteiger partial charge in [0.1, 0.15) is 22.3 Å². The Labute approximate surface area is 196 Å². The van der Waals surface area contributed by atoms with Crippen LogP contribution in [-0.4, -0.2) is 44.6 Å². The minimum Gasteiger partial charge on any atom is -0.453 e. The number of hydrogen-bond acceptors (Lipinski definition) is 6. The molecule has 3 rings (SSSR count). The van der Waals surface area contributed by atoms with E-state index in [1.165, 1.54) is 7.11 Å². The van der Waals surface area contributed by atoms with E-state index in [2.05, 4.69) is 30.4 Å². The van der Waals surface area contributed by atoms with Crippen LogP contribution in [0.15, 0.2) is 36.7 Å². The fourth-order valence-electron chi connectivity index (χ4n) is 3.08. The molecule has 1 atom stereocenters. The van der Waals surface area contributed by atoms with Crippen LogP contribution in [0.25, 0.3) is 11.3 Å². The summed E-state index contributed by atoms with van der Waals surface area (Å²) in [6.07, 6.45) is 2.75. The Hall–Kier alpha value is -3.53. The molecule has 0 fully saturated rings. The highest BCUT2D eigenvalue weighted by Gasteiger charge is 2.23.